The van der Waals surface area contributed by atoms with Gasteiger partial charge in [-0.2, -0.15) is 26.3 Å². The molecule has 14 heteroatoms. The molecule has 0 aromatic rings. The van der Waals surface area contributed by atoms with Gasteiger partial charge in [-0.15, -0.1) is 0 Å². The lowest BCUT2D eigenvalue weighted by Gasteiger charge is -2.14. The molecule has 0 aliphatic heterocycles. The van der Waals surface area contributed by atoms with Gasteiger partial charge in [-0.25, -0.2) is 9.59 Å². The fourth-order valence-electron chi connectivity index (χ4n) is 0.952. The highest BCUT2D eigenvalue weighted by molar-refractivity contribution is 5.95. The highest BCUT2D eigenvalue weighted by atomic mass is 19.4. The first-order valence-electron chi connectivity index (χ1n) is 5.87. The topological polar surface area (TPSA) is 111 Å². The maximum Gasteiger partial charge on any atom is 0.471 e. The number of hydrogen-bond donors (Lipinski definition) is 2. The molecule has 0 radical (unpaired) electrons. The average Bonchev–Trinajstić information content (AvgIpc) is 2.35. The van der Waals surface area contributed by atoms with Gasteiger partial charge in [-0.3, -0.25) is 20.2 Å². The SMILES string of the molecule is CC(CCOC(=O)NC(=O)C(F)(F)F)OC(=O)NC(=O)C(F)(F)F. The van der Waals surface area contributed by atoms with E-state index in [9.17, 15) is 45.5 Å². The highest BCUT2D eigenvalue weighted by Crippen LogP contribution is 2.15. The van der Waals surface area contributed by atoms with Crippen molar-refractivity contribution in [3.05, 3.63) is 0 Å². The van der Waals surface area contributed by atoms with Crippen molar-refractivity contribution >= 4 is 24.0 Å². The molecule has 0 rings (SSSR count). The van der Waals surface area contributed by atoms with Crippen molar-refractivity contribution in [1.82, 2.24) is 10.6 Å². The zero-order valence-corrected chi connectivity index (χ0v) is 11.7. The van der Waals surface area contributed by atoms with Crippen LogP contribution in [0.2, 0.25) is 0 Å². The van der Waals surface area contributed by atoms with Gasteiger partial charge < -0.3 is 9.47 Å². The van der Waals surface area contributed by atoms with Crippen LogP contribution >= 0.6 is 0 Å². The smallest absolute Gasteiger partial charge is 0.449 e. The number of amides is 4. The maximum atomic E-state index is 11.8. The Kier molecular flexibility index (Phi) is 7.47. The Labute approximate surface area is 129 Å². The Balaban J connectivity index is 4.08. The van der Waals surface area contributed by atoms with Gasteiger partial charge in [0.05, 0.1) is 6.61 Å². The van der Waals surface area contributed by atoms with E-state index in [-0.39, 0.29) is 6.42 Å². The second-order valence-electron chi connectivity index (χ2n) is 4.04. The Morgan fingerprint density at radius 3 is 1.71 bits per heavy atom. The van der Waals surface area contributed by atoms with Gasteiger partial charge in [-0.05, 0) is 6.92 Å². The van der Waals surface area contributed by atoms with Crippen molar-refractivity contribution in [2.75, 3.05) is 6.61 Å². The van der Waals surface area contributed by atoms with E-state index in [1.165, 1.54) is 0 Å². The highest BCUT2D eigenvalue weighted by Gasteiger charge is 2.41. The van der Waals surface area contributed by atoms with Gasteiger partial charge in [0.2, 0.25) is 0 Å². The van der Waals surface area contributed by atoms with Crippen LogP contribution in [-0.2, 0) is 19.1 Å². The van der Waals surface area contributed by atoms with Crippen LogP contribution in [-0.4, -0.2) is 49.1 Å². The maximum absolute atomic E-state index is 11.8. The minimum absolute atomic E-state index is 0.332. The number of carbonyl (C=O) groups excluding carboxylic acids is 4. The molecule has 0 aromatic carbocycles. The van der Waals surface area contributed by atoms with Gasteiger partial charge in [0.1, 0.15) is 6.10 Å². The molecule has 0 aliphatic rings. The third-order valence-electron chi connectivity index (χ3n) is 2.01. The van der Waals surface area contributed by atoms with Crippen LogP contribution in [0.25, 0.3) is 0 Å². The largest absolute Gasteiger partial charge is 0.471 e. The number of imide groups is 2. The van der Waals surface area contributed by atoms with Crippen molar-refractivity contribution in [2.24, 2.45) is 0 Å². The zero-order chi connectivity index (χ0) is 19.1. The fourth-order valence-corrected chi connectivity index (χ4v) is 0.952. The summed E-state index contributed by atoms with van der Waals surface area (Å²) in [6, 6.07) is 0. The average molecular weight is 368 g/mol. The lowest BCUT2D eigenvalue weighted by molar-refractivity contribution is -0.172. The summed E-state index contributed by atoms with van der Waals surface area (Å²) in [5.74, 6) is -5.11. The minimum atomic E-state index is -5.30. The van der Waals surface area contributed by atoms with E-state index in [2.05, 4.69) is 9.47 Å². The van der Waals surface area contributed by atoms with Crippen LogP contribution in [0.3, 0.4) is 0 Å². The van der Waals surface area contributed by atoms with Crippen LogP contribution in [0, 0.1) is 0 Å². The second-order valence-corrected chi connectivity index (χ2v) is 4.04. The molecule has 24 heavy (non-hydrogen) atoms. The zero-order valence-electron chi connectivity index (χ0n) is 11.7. The van der Waals surface area contributed by atoms with Crippen molar-refractivity contribution in [2.45, 2.75) is 31.8 Å². The molecule has 0 aliphatic carbocycles. The van der Waals surface area contributed by atoms with Crippen LogP contribution in [0.4, 0.5) is 35.9 Å². The van der Waals surface area contributed by atoms with Gasteiger partial charge in [0.25, 0.3) is 0 Å². The Morgan fingerprint density at radius 1 is 0.875 bits per heavy atom. The van der Waals surface area contributed by atoms with Gasteiger partial charge in [0, 0.05) is 6.42 Å². The van der Waals surface area contributed by atoms with E-state index in [0.29, 0.717) is 0 Å². The lowest BCUT2D eigenvalue weighted by atomic mass is 10.3. The Bertz CT molecular complexity index is 503. The Hall–Kier alpha value is -2.54. The van der Waals surface area contributed by atoms with Crippen molar-refractivity contribution in [3.63, 3.8) is 0 Å². The molecule has 0 saturated carbocycles. The molecule has 1 unspecified atom stereocenters. The number of nitrogens with one attached hydrogen (secondary N) is 2. The molecule has 0 bridgehead atoms. The third-order valence-corrected chi connectivity index (χ3v) is 2.01. The van der Waals surface area contributed by atoms with Crippen molar-refractivity contribution in [3.8, 4) is 0 Å². The molecule has 138 valence electrons. The molecule has 0 aromatic heterocycles. The first-order chi connectivity index (χ1) is 10.7. The molecular formula is C10H10F6N2O6. The van der Waals surface area contributed by atoms with Crippen LogP contribution in [0.1, 0.15) is 13.3 Å². The summed E-state index contributed by atoms with van der Waals surface area (Å²) in [6.45, 7) is 0.512. The molecule has 4 amide bonds. The standard InChI is InChI=1S/C10H10F6N2O6/c1-4(24-8(22)18-6(20)10(14,15)16)2-3-23-7(21)17-5(19)9(11,12)13/h4H,2-3H2,1H3,(H,17,19,21)(H,18,20,22). The number of carbonyl (C=O) groups is 4. The first kappa shape index (κ1) is 21.5. The number of alkyl halides is 6. The predicted octanol–water partition coefficient (Wildman–Crippen LogP) is 1.40. The van der Waals surface area contributed by atoms with Crippen LogP contribution < -0.4 is 10.6 Å². The van der Waals surface area contributed by atoms with Gasteiger partial charge in [0.15, 0.2) is 0 Å². The quantitative estimate of drug-likeness (QED) is 0.726. The van der Waals surface area contributed by atoms with Crippen molar-refractivity contribution in [1.29, 1.82) is 0 Å². The van der Waals surface area contributed by atoms with Crippen LogP contribution in [0.5, 0.6) is 0 Å². The monoisotopic (exact) mass is 368 g/mol. The van der Waals surface area contributed by atoms with Gasteiger partial charge in [-0.1, -0.05) is 0 Å². The summed E-state index contributed by atoms with van der Waals surface area (Å²) in [6.07, 6.45) is -15.5. The lowest BCUT2D eigenvalue weighted by Crippen LogP contribution is -2.42. The number of rotatable bonds is 4. The molecule has 8 nitrogen and oxygen atoms in total. The summed E-state index contributed by atoms with van der Waals surface area (Å²) in [5.41, 5.74) is 0. The van der Waals surface area contributed by atoms with E-state index in [1.54, 1.807) is 0 Å². The number of ether oxygens (including phenoxy) is 2. The van der Waals surface area contributed by atoms with E-state index < -0.39 is 49.1 Å². The molecule has 0 spiro atoms. The molecule has 0 saturated heterocycles. The second kappa shape index (κ2) is 8.35. The molecule has 1 atom stereocenters. The van der Waals surface area contributed by atoms with E-state index in [1.807, 2.05) is 0 Å². The summed E-state index contributed by atoms with van der Waals surface area (Å²) in [4.78, 5) is 42.5. The summed E-state index contributed by atoms with van der Waals surface area (Å²) < 4.78 is 79.4. The van der Waals surface area contributed by atoms with Crippen molar-refractivity contribution < 1.29 is 55.0 Å². The van der Waals surface area contributed by atoms with Gasteiger partial charge >= 0.3 is 36.4 Å². The van der Waals surface area contributed by atoms with E-state index in [4.69, 9.17) is 0 Å². The van der Waals surface area contributed by atoms with E-state index in [0.717, 1.165) is 17.6 Å². The molecule has 0 heterocycles. The summed E-state index contributed by atoms with van der Waals surface area (Å²) in [5, 5.41) is 1.74. The number of hydrogen-bond acceptors (Lipinski definition) is 6. The number of alkyl carbamates (subject to hydrolysis) is 2. The molecular weight excluding hydrogens is 358 g/mol. The normalized spacial score (nSPS) is 12.8. The fraction of sp³-hybridized carbons (Fsp3) is 0.600. The number of halogens is 6. The Morgan fingerprint density at radius 2 is 1.29 bits per heavy atom. The summed E-state index contributed by atoms with van der Waals surface area (Å²) in [7, 11) is 0. The van der Waals surface area contributed by atoms with E-state index >= 15 is 0 Å². The summed E-state index contributed by atoms with van der Waals surface area (Å²) >= 11 is 0. The minimum Gasteiger partial charge on any atom is -0.449 e. The predicted molar refractivity (Wildman–Crippen MR) is 60.3 cm³/mol. The third kappa shape index (κ3) is 8.79. The molecule has 0 fully saturated rings. The first-order valence-corrected chi connectivity index (χ1v) is 5.87. The molecule has 2 N–H and O–H groups in total. The van der Waals surface area contributed by atoms with Crippen LogP contribution in [0.15, 0.2) is 0 Å².